The fraction of sp³-hybridized carbons (Fsp3) is 0.190. The molecule has 26 heavy (non-hydrogen) atoms. The van der Waals surface area contributed by atoms with Gasteiger partial charge in [-0.1, -0.05) is 59.8 Å². The Kier molecular flexibility index (Phi) is 6.02. The summed E-state index contributed by atoms with van der Waals surface area (Å²) in [6.45, 7) is 4.67. The molecule has 0 aliphatic carbocycles. The Morgan fingerprint density at radius 1 is 1.00 bits per heavy atom. The van der Waals surface area contributed by atoms with Gasteiger partial charge in [-0.3, -0.25) is 4.79 Å². The topological polar surface area (TPSA) is 54.9 Å². The molecule has 2 aromatic carbocycles. The highest BCUT2D eigenvalue weighted by Crippen LogP contribution is 2.23. The average Bonchev–Trinajstić information content (AvgIpc) is 2.68. The molecule has 0 atom stereocenters. The Labute approximate surface area is 158 Å². The van der Waals surface area contributed by atoms with Crippen LogP contribution in [0.25, 0.3) is 11.3 Å². The maximum absolute atomic E-state index is 12.0. The molecule has 4 nitrogen and oxygen atoms in total. The predicted molar refractivity (Wildman–Crippen MR) is 106 cm³/mol. The molecule has 0 fully saturated rings. The standard InChI is InChI=1S/C21H21N3OS/c1-15-8-9-16(2)18(12-15)19-10-11-21(24-23-19)26-14-20(25)22-13-17-6-4-3-5-7-17/h3-12H,13-14H2,1-2H3,(H,22,25). The molecule has 132 valence electrons. The van der Waals surface area contributed by atoms with Gasteiger partial charge in [0.05, 0.1) is 11.4 Å². The van der Waals surface area contributed by atoms with Gasteiger partial charge in [-0.05, 0) is 43.2 Å². The lowest BCUT2D eigenvalue weighted by molar-refractivity contribution is -0.118. The summed E-state index contributed by atoms with van der Waals surface area (Å²) >= 11 is 1.39. The largest absolute Gasteiger partial charge is 0.351 e. The van der Waals surface area contributed by atoms with Crippen LogP contribution in [0.2, 0.25) is 0 Å². The fourth-order valence-corrected chi connectivity index (χ4v) is 3.18. The minimum absolute atomic E-state index is 0.0146. The first-order valence-corrected chi connectivity index (χ1v) is 9.45. The summed E-state index contributed by atoms with van der Waals surface area (Å²) in [5, 5.41) is 12.2. The normalized spacial score (nSPS) is 10.5. The Hall–Kier alpha value is -2.66. The van der Waals surface area contributed by atoms with Gasteiger partial charge in [0, 0.05) is 12.1 Å². The van der Waals surface area contributed by atoms with E-state index in [-0.39, 0.29) is 5.91 Å². The van der Waals surface area contributed by atoms with Gasteiger partial charge in [-0.25, -0.2) is 0 Å². The molecule has 0 spiro atoms. The third-order valence-electron chi connectivity index (χ3n) is 3.99. The minimum atomic E-state index is -0.0146. The Morgan fingerprint density at radius 2 is 1.81 bits per heavy atom. The fourth-order valence-electron chi connectivity index (χ4n) is 2.54. The van der Waals surface area contributed by atoms with Gasteiger partial charge in [0.25, 0.3) is 0 Å². The van der Waals surface area contributed by atoms with Crippen molar-refractivity contribution in [2.24, 2.45) is 0 Å². The molecule has 1 aromatic heterocycles. The molecule has 3 aromatic rings. The molecule has 1 heterocycles. The number of nitrogens with zero attached hydrogens (tertiary/aromatic N) is 2. The zero-order valence-electron chi connectivity index (χ0n) is 14.9. The van der Waals surface area contributed by atoms with Gasteiger partial charge in [-0.15, -0.1) is 10.2 Å². The highest BCUT2D eigenvalue weighted by molar-refractivity contribution is 7.99. The van der Waals surface area contributed by atoms with Crippen molar-refractivity contribution in [3.63, 3.8) is 0 Å². The van der Waals surface area contributed by atoms with E-state index in [0.29, 0.717) is 12.3 Å². The number of hydrogen-bond acceptors (Lipinski definition) is 4. The third kappa shape index (κ3) is 4.92. The van der Waals surface area contributed by atoms with E-state index in [9.17, 15) is 4.79 Å². The van der Waals surface area contributed by atoms with Gasteiger partial charge in [0.15, 0.2) is 0 Å². The van der Waals surface area contributed by atoms with Crippen LogP contribution in [0.3, 0.4) is 0 Å². The number of amides is 1. The highest BCUT2D eigenvalue weighted by atomic mass is 32.2. The van der Waals surface area contributed by atoms with Crippen LogP contribution in [-0.4, -0.2) is 21.9 Å². The zero-order chi connectivity index (χ0) is 18.4. The predicted octanol–water partition coefficient (Wildman–Crippen LogP) is 4.17. The molecular formula is C21H21N3OS. The molecule has 0 unspecified atom stereocenters. The van der Waals surface area contributed by atoms with Crippen LogP contribution in [0.1, 0.15) is 16.7 Å². The van der Waals surface area contributed by atoms with Gasteiger partial charge < -0.3 is 5.32 Å². The first kappa shape index (κ1) is 18.1. The number of aromatic nitrogens is 2. The number of carbonyl (C=O) groups is 1. The molecule has 0 saturated heterocycles. The van der Waals surface area contributed by atoms with E-state index >= 15 is 0 Å². The highest BCUT2D eigenvalue weighted by Gasteiger charge is 2.07. The van der Waals surface area contributed by atoms with Crippen molar-refractivity contribution in [1.29, 1.82) is 0 Å². The van der Waals surface area contributed by atoms with E-state index in [0.717, 1.165) is 21.8 Å². The SMILES string of the molecule is Cc1ccc(C)c(-c2ccc(SCC(=O)NCc3ccccc3)nn2)c1. The monoisotopic (exact) mass is 363 g/mol. The van der Waals surface area contributed by atoms with Crippen molar-refractivity contribution in [1.82, 2.24) is 15.5 Å². The summed E-state index contributed by atoms with van der Waals surface area (Å²) in [5.74, 6) is 0.309. The van der Waals surface area contributed by atoms with Gasteiger partial charge in [-0.2, -0.15) is 0 Å². The molecule has 0 aliphatic heterocycles. The number of carbonyl (C=O) groups excluding carboxylic acids is 1. The van der Waals surface area contributed by atoms with E-state index in [1.807, 2.05) is 42.5 Å². The van der Waals surface area contributed by atoms with Crippen LogP contribution in [0.4, 0.5) is 0 Å². The number of nitrogens with one attached hydrogen (secondary N) is 1. The number of hydrogen-bond donors (Lipinski definition) is 1. The summed E-state index contributed by atoms with van der Waals surface area (Å²) < 4.78 is 0. The van der Waals surface area contributed by atoms with E-state index in [1.54, 1.807) is 0 Å². The number of benzene rings is 2. The van der Waals surface area contributed by atoms with Gasteiger partial charge in [0.1, 0.15) is 5.03 Å². The summed E-state index contributed by atoms with van der Waals surface area (Å²) in [6, 6.07) is 20.0. The van der Waals surface area contributed by atoms with Crippen molar-refractivity contribution in [2.75, 3.05) is 5.75 Å². The summed E-state index contributed by atoms with van der Waals surface area (Å²) in [4.78, 5) is 12.0. The summed E-state index contributed by atoms with van der Waals surface area (Å²) in [5.41, 5.74) is 5.40. The second kappa shape index (κ2) is 8.63. The molecule has 1 amide bonds. The quantitative estimate of drug-likeness (QED) is 0.668. The zero-order valence-corrected chi connectivity index (χ0v) is 15.7. The first-order valence-electron chi connectivity index (χ1n) is 8.46. The molecule has 0 bridgehead atoms. The maximum atomic E-state index is 12.0. The molecular weight excluding hydrogens is 342 g/mol. The Bertz CT molecular complexity index is 880. The van der Waals surface area contributed by atoms with Crippen molar-refractivity contribution < 1.29 is 4.79 Å². The Balaban J connectivity index is 1.54. The van der Waals surface area contributed by atoms with Crippen molar-refractivity contribution in [3.05, 3.63) is 77.4 Å². The smallest absolute Gasteiger partial charge is 0.230 e. The molecule has 3 rings (SSSR count). The number of aryl methyl sites for hydroxylation is 2. The Morgan fingerprint density at radius 3 is 2.54 bits per heavy atom. The van der Waals surface area contributed by atoms with Crippen LogP contribution in [0, 0.1) is 13.8 Å². The van der Waals surface area contributed by atoms with Gasteiger partial charge in [0.2, 0.25) is 5.91 Å². The molecule has 5 heteroatoms. The molecule has 0 aliphatic rings. The van der Waals surface area contributed by atoms with E-state index < -0.39 is 0 Å². The second-order valence-corrected chi connectivity index (χ2v) is 7.12. The lowest BCUT2D eigenvalue weighted by Crippen LogP contribution is -2.24. The van der Waals surface area contributed by atoms with Crippen LogP contribution in [0.5, 0.6) is 0 Å². The van der Waals surface area contributed by atoms with Crippen LogP contribution >= 0.6 is 11.8 Å². The average molecular weight is 363 g/mol. The summed E-state index contributed by atoms with van der Waals surface area (Å²) in [6.07, 6.45) is 0. The minimum Gasteiger partial charge on any atom is -0.351 e. The number of rotatable bonds is 6. The van der Waals surface area contributed by atoms with Crippen molar-refractivity contribution in [2.45, 2.75) is 25.4 Å². The van der Waals surface area contributed by atoms with Crippen LogP contribution in [-0.2, 0) is 11.3 Å². The van der Waals surface area contributed by atoms with E-state index in [1.165, 1.54) is 22.9 Å². The van der Waals surface area contributed by atoms with Crippen molar-refractivity contribution in [3.8, 4) is 11.3 Å². The van der Waals surface area contributed by atoms with Crippen LogP contribution < -0.4 is 5.32 Å². The second-order valence-electron chi connectivity index (χ2n) is 6.13. The summed E-state index contributed by atoms with van der Waals surface area (Å²) in [7, 11) is 0. The van der Waals surface area contributed by atoms with E-state index in [2.05, 4.69) is 47.6 Å². The first-order chi connectivity index (χ1) is 12.6. The molecule has 0 radical (unpaired) electrons. The maximum Gasteiger partial charge on any atom is 0.230 e. The lowest BCUT2D eigenvalue weighted by Gasteiger charge is -2.07. The van der Waals surface area contributed by atoms with E-state index in [4.69, 9.17) is 0 Å². The molecule has 1 N–H and O–H groups in total. The lowest BCUT2D eigenvalue weighted by atomic mass is 10.0. The van der Waals surface area contributed by atoms with Crippen LogP contribution in [0.15, 0.2) is 65.7 Å². The third-order valence-corrected chi connectivity index (χ3v) is 4.91. The van der Waals surface area contributed by atoms with Gasteiger partial charge >= 0.3 is 0 Å². The van der Waals surface area contributed by atoms with Crippen molar-refractivity contribution >= 4 is 17.7 Å². The molecule has 0 saturated carbocycles. The number of thioether (sulfide) groups is 1.